The van der Waals surface area contributed by atoms with E-state index >= 15 is 0 Å². The Morgan fingerprint density at radius 2 is 1.55 bits per heavy atom. The molecule has 1 aliphatic rings. The van der Waals surface area contributed by atoms with E-state index in [4.69, 9.17) is 5.73 Å². The normalized spacial score (nSPS) is 15.1. The number of benzene rings is 2. The van der Waals surface area contributed by atoms with Gasteiger partial charge in [-0.15, -0.1) is 0 Å². The number of nitrogens with two attached hydrogens (primary N) is 1. The summed E-state index contributed by atoms with van der Waals surface area (Å²) in [6, 6.07) is 15.8. The Morgan fingerprint density at radius 3 is 2.23 bits per heavy atom. The summed E-state index contributed by atoms with van der Waals surface area (Å²) >= 11 is 0. The molecule has 1 fully saturated rings. The Hall–Kier alpha value is -3.15. The minimum Gasteiger partial charge on any atom is -0.369 e. The Kier molecular flexibility index (Phi) is 8.21. The standard InChI is InChI=1S/C25H31N3O3/c26-23(29)16-20-13-7-8-14-21(20)17-27-25(31)22(15-18-9-3-1-4-10-18)28-24(30)19-11-5-2-6-12-19/h2,5-8,11-14,18,22H,1,3-4,9-10,15-17H2,(H2,26,29)(H,27,31)(H,28,30)/t22-/m0/s1. The van der Waals surface area contributed by atoms with Gasteiger partial charge in [0.1, 0.15) is 6.04 Å². The first-order valence-electron chi connectivity index (χ1n) is 11.0. The van der Waals surface area contributed by atoms with Gasteiger partial charge in [0.2, 0.25) is 11.8 Å². The molecule has 0 aromatic heterocycles. The van der Waals surface area contributed by atoms with E-state index in [2.05, 4.69) is 10.6 Å². The van der Waals surface area contributed by atoms with Gasteiger partial charge >= 0.3 is 0 Å². The molecule has 0 spiro atoms. The van der Waals surface area contributed by atoms with Crippen LogP contribution >= 0.6 is 0 Å². The van der Waals surface area contributed by atoms with Gasteiger partial charge < -0.3 is 16.4 Å². The van der Waals surface area contributed by atoms with Crippen LogP contribution in [0.1, 0.15) is 60.0 Å². The highest BCUT2D eigenvalue weighted by Crippen LogP contribution is 2.27. The average molecular weight is 422 g/mol. The average Bonchev–Trinajstić information content (AvgIpc) is 2.78. The number of carbonyl (C=O) groups is 3. The first-order chi connectivity index (χ1) is 15.0. The van der Waals surface area contributed by atoms with E-state index in [1.54, 1.807) is 24.3 Å². The minimum absolute atomic E-state index is 0.127. The summed E-state index contributed by atoms with van der Waals surface area (Å²) in [6.45, 7) is 0.282. The van der Waals surface area contributed by atoms with Crippen LogP contribution in [0.25, 0.3) is 0 Å². The van der Waals surface area contributed by atoms with Crippen molar-refractivity contribution in [1.82, 2.24) is 10.6 Å². The SMILES string of the molecule is NC(=O)Cc1ccccc1CNC(=O)[C@H](CC1CCCCC1)NC(=O)c1ccccc1. The van der Waals surface area contributed by atoms with Crippen LogP contribution < -0.4 is 16.4 Å². The van der Waals surface area contributed by atoms with Crippen LogP contribution in [0, 0.1) is 5.92 Å². The van der Waals surface area contributed by atoms with Crippen LogP contribution in [0.2, 0.25) is 0 Å². The predicted molar refractivity (Wildman–Crippen MR) is 120 cm³/mol. The maximum Gasteiger partial charge on any atom is 0.251 e. The topological polar surface area (TPSA) is 101 Å². The zero-order valence-corrected chi connectivity index (χ0v) is 17.8. The van der Waals surface area contributed by atoms with Gasteiger partial charge in [-0.2, -0.15) is 0 Å². The number of amides is 3. The summed E-state index contributed by atoms with van der Waals surface area (Å²) in [5, 5.41) is 5.89. The van der Waals surface area contributed by atoms with Gasteiger partial charge in [-0.3, -0.25) is 14.4 Å². The van der Waals surface area contributed by atoms with Crippen molar-refractivity contribution in [2.45, 2.75) is 57.5 Å². The molecule has 31 heavy (non-hydrogen) atoms. The molecule has 6 nitrogen and oxygen atoms in total. The van der Waals surface area contributed by atoms with E-state index in [0.29, 0.717) is 17.9 Å². The maximum atomic E-state index is 13.1. The molecule has 1 aliphatic carbocycles. The lowest BCUT2D eigenvalue weighted by atomic mass is 9.84. The van der Waals surface area contributed by atoms with Crippen LogP contribution in [0.5, 0.6) is 0 Å². The van der Waals surface area contributed by atoms with E-state index < -0.39 is 11.9 Å². The summed E-state index contributed by atoms with van der Waals surface area (Å²) in [4.78, 5) is 37.1. The van der Waals surface area contributed by atoms with Crippen molar-refractivity contribution in [1.29, 1.82) is 0 Å². The Balaban J connectivity index is 1.68. The van der Waals surface area contributed by atoms with E-state index in [1.807, 2.05) is 30.3 Å². The second-order valence-corrected chi connectivity index (χ2v) is 8.26. The van der Waals surface area contributed by atoms with Crippen LogP contribution in [0.3, 0.4) is 0 Å². The lowest BCUT2D eigenvalue weighted by Crippen LogP contribution is -2.47. The fourth-order valence-corrected chi connectivity index (χ4v) is 4.21. The van der Waals surface area contributed by atoms with Gasteiger partial charge in [-0.25, -0.2) is 0 Å². The third kappa shape index (κ3) is 6.95. The quantitative estimate of drug-likeness (QED) is 0.580. The molecule has 3 rings (SSSR count). The molecule has 0 bridgehead atoms. The van der Waals surface area contributed by atoms with Crippen molar-refractivity contribution >= 4 is 17.7 Å². The Bertz CT molecular complexity index is 892. The van der Waals surface area contributed by atoms with E-state index in [0.717, 1.165) is 24.0 Å². The van der Waals surface area contributed by atoms with Crippen molar-refractivity contribution in [2.24, 2.45) is 11.7 Å². The van der Waals surface area contributed by atoms with Crippen LogP contribution in [-0.4, -0.2) is 23.8 Å². The molecule has 3 amide bonds. The van der Waals surface area contributed by atoms with Gasteiger partial charge in [0.15, 0.2) is 0 Å². The van der Waals surface area contributed by atoms with Crippen molar-refractivity contribution in [3.63, 3.8) is 0 Å². The molecular formula is C25H31N3O3. The Morgan fingerprint density at radius 1 is 0.903 bits per heavy atom. The van der Waals surface area contributed by atoms with E-state index in [1.165, 1.54) is 19.3 Å². The summed E-state index contributed by atoms with van der Waals surface area (Å²) in [6.07, 6.45) is 6.52. The first-order valence-corrected chi connectivity index (χ1v) is 11.0. The highest BCUT2D eigenvalue weighted by atomic mass is 16.2. The molecule has 0 heterocycles. The van der Waals surface area contributed by atoms with Gasteiger partial charge in [-0.1, -0.05) is 74.6 Å². The van der Waals surface area contributed by atoms with E-state index in [-0.39, 0.29) is 24.8 Å². The number of rotatable bonds is 9. The molecule has 2 aromatic rings. The molecule has 0 radical (unpaired) electrons. The monoisotopic (exact) mass is 421 g/mol. The third-order valence-corrected chi connectivity index (χ3v) is 5.89. The first kappa shape index (κ1) is 22.5. The van der Waals surface area contributed by atoms with Crippen LogP contribution in [0.15, 0.2) is 54.6 Å². The molecule has 0 saturated heterocycles. The highest BCUT2D eigenvalue weighted by Gasteiger charge is 2.26. The van der Waals surface area contributed by atoms with E-state index in [9.17, 15) is 14.4 Å². The molecular weight excluding hydrogens is 390 g/mol. The summed E-state index contributed by atoms with van der Waals surface area (Å²) in [5.41, 5.74) is 7.52. The Labute approximate surface area is 183 Å². The lowest BCUT2D eigenvalue weighted by molar-refractivity contribution is -0.123. The lowest BCUT2D eigenvalue weighted by Gasteiger charge is -2.27. The third-order valence-electron chi connectivity index (χ3n) is 5.89. The van der Waals surface area contributed by atoms with Crippen molar-refractivity contribution in [3.8, 4) is 0 Å². The molecule has 6 heteroatoms. The van der Waals surface area contributed by atoms with Crippen LogP contribution in [-0.2, 0) is 22.6 Å². The number of primary amides is 1. The number of carbonyl (C=O) groups excluding carboxylic acids is 3. The van der Waals surface area contributed by atoms with Crippen LogP contribution in [0.4, 0.5) is 0 Å². The molecule has 1 saturated carbocycles. The fraction of sp³-hybridized carbons (Fsp3) is 0.400. The number of hydrogen-bond acceptors (Lipinski definition) is 3. The molecule has 2 aromatic carbocycles. The highest BCUT2D eigenvalue weighted by molar-refractivity contribution is 5.97. The minimum atomic E-state index is -0.598. The maximum absolute atomic E-state index is 13.1. The summed E-state index contributed by atoms with van der Waals surface area (Å²) in [5.74, 6) is -0.429. The van der Waals surface area contributed by atoms with Gasteiger partial charge in [0, 0.05) is 12.1 Å². The molecule has 1 atom stereocenters. The smallest absolute Gasteiger partial charge is 0.251 e. The molecule has 0 aliphatic heterocycles. The zero-order chi connectivity index (χ0) is 22.1. The van der Waals surface area contributed by atoms with Gasteiger partial charge in [0.25, 0.3) is 5.91 Å². The van der Waals surface area contributed by atoms with Crippen molar-refractivity contribution < 1.29 is 14.4 Å². The molecule has 0 unspecified atom stereocenters. The predicted octanol–water partition coefficient (Wildman–Crippen LogP) is 3.10. The fourth-order valence-electron chi connectivity index (χ4n) is 4.21. The number of hydrogen-bond donors (Lipinski definition) is 3. The van der Waals surface area contributed by atoms with Crippen molar-refractivity contribution in [2.75, 3.05) is 0 Å². The second kappa shape index (κ2) is 11.3. The number of nitrogens with one attached hydrogen (secondary N) is 2. The largest absolute Gasteiger partial charge is 0.369 e. The summed E-state index contributed by atoms with van der Waals surface area (Å²) < 4.78 is 0. The second-order valence-electron chi connectivity index (χ2n) is 8.26. The van der Waals surface area contributed by atoms with Gasteiger partial charge in [0.05, 0.1) is 6.42 Å². The molecule has 164 valence electrons. The molecule has 4 N–H and O–H groups in total. The summed E-state index contributed by atoms with van der Waals surface area (Å²) in [7, 11) is 0. The van der Waals surface area contributed by atoms with Crippen molar-refractivity contribution in [3.05, 3.63) is 71.3 Å². The van der Waals surface area contributed by atoms with Gasteiger partial charge in [-0.05, 0) is 35.6 Å². The zero-order valence-electron chi connectivity index (χ0n) is 17.8.